The van der Waals surface area contributed by atoms with E-state index in [2.05, 4.69) is 17.1 Å². The van der Waals surface area contributed by atoms with Crippen molar-refractivity contribution in [3.05, 3.63) is 0 Å². The van der Waals surface area contributed by atoms with Crippen molar-refractivity contribution in [2.24, 2.45) is 5.92 Å². The van der Waals surface area contributed by atoms with E-state index in [-0.39, 0.29) is 0 Å². The van der Waals surface area contributed by atoms with Crippen LogP contribution in [0.2, 0.25) is 0 Å². The molecule has 0 amide bonds. The molecule has 2 saturated heterocycles. The highest BCUT2D eigenvalue weighted by atomic mass is 16.5. The standard InChI is InChI=1S/C14H26N2O/c1-2-12-10-16(8-3-7-15-12)13-6-9-17-14(13)11-4-5-11/h11-15H,2-10H2,1H3. The van der Waals surface area contributed by atoms with E-state index in [4.69, 9.17) is 4.74 Å². The van der Waals surface area contributed by atoms with Crippen molar-refractivity contribution in [1.29, 1.82) is 0 Å². The van der Waals surface area contributed by atoms with Crippen LogP contribution in [0.1, 0.15) is 39.0 Å². The molecule has 3 aliphatic rings. The van der Waals surface area contributed by atoms with Crippen LogP contribution in [0.25, 0.3) is 0 Å². The van der Waals surface area contributed by atoms with Gasteiger partial charge in [0.25, 0.3) is 0 Å². The molecule has 17 heavy (non-hydrogen) atoms. The average Bonchev–Trinajstić information content (AvgIpc) is 3.13. The van der Waals surface area contributed by atoms with Crippen molar-refractivity contribution >= 4 is 0 Å². The van der Waals surface area contributed by atoms with Gasteiger partial charge in [0.15, 0.2) is 0 Å². The van der Waals surface area contributed by atoms with E-state index in [0.717, 1.165) is 18.6 Å². The van der Waals surface area contributed by atoms with Gasteiger partial charge in [0.1, 0.15) is 0 Å². The molecule has 3 atom stereocenters. The number of ether oxygens (including phenoxy) is 1. The lowest BCUT2D eigenvalue weighted by Gasteiger charge is -2.32. The summed E-state index contributed by atoms with van der Waals surface area (Å²) in [6.45, 7) is 6.97. The van der Waals surface area contributed by atoms with Crippen LogP contribution in [-0.4, -0.2) is 49.3 Å². The SMILES string of the molecule is CCC1CN(C2CCOC2C2CC2)CCCN1. The molecule has 2 aliphatic heterocycles. The van der Waals surface area contributed by atoms with Crippen LogP contribution in [0.3, 0.4) is 0 Å². The van der Waals surface area contributed by atoms with Crippen molar-refractivity contribution < 1.29 is 4.74 Å². The first-order chi connectivity index (χ1) is 8.38. The molecule has 3 nitrogen and oxygen atoms in total. The minimum Gasteiger partial charge on any atom is -0.376 e. The normalized spacial score (nSPS) is 40.4. The Morgan fingerprint density at radius 1 is 1.29 bits per heavy atom. The molecule has 0 aromatic carbocycles. The monoisotopic (exact) mass is 238 g/mol. The van der Waals surface area contributed by atoms with Crippen LogP contribution >= 0.6 is 0 Å². The summed E-state index contributed by atoms with van der Waals surface area (Å²) in [7, 11) is 0. The molecule has 1 N–H and O–H groups in total. The van der Waals surface area contributed by atoms with Gasteiger partial charge in [0, 0.05) is 25.2 Å². The molecule has 0 spiro atoms. The maximum atomic E-state index is 5.99. The largest absolute Gasteiger partial charge is 0.376 e. The van der Waals surface area contributed by atoms with Gasteiger partial charge in [-0.2, -0.15) is 0 Å². The van der Waals surface area contributed by atoms with Gasteiger partial charge < -0.3 is 10.1 Å². The van der Waals surface area contributed by atoms with Crippen LogP contribution < -0.4 is 5.32 Å². The number of hydrogen-bond acceptors (Lipinski definition) is 3. The maximum absolute atomic E-state index is 5.99. The predicted octanol–water partition coefficient (Wildman–Crippen LogP) is 1.63. The highest BCUT2D eigenvalue weighted by Crippen LogP contribution is 2.40. The Bertz CT molecular complexity index is 255. The van der Waals surface area contributed by atoms with Gasteiger partial charge in [-0.05, 0) is 51.1 Å². The summed E-state index contributed by atoms with van der Waals surface area (Å²) in [6.07, 6.45) is 7.18. The fraction of sp³-hybridized carbons (Fsp3) is 1.00. The van der Waals surface area contributed by atoms with Crippen molar-refractivity contribution in [1.82, 2.24) is 10.2 Å². The molecule has 0 aromatic rings. The molecule has 2 heterocycles. The van der Waals surface area contributed by atoms with Gasteiger partial charge in [0.2, 0.25) is 0 Å². The molecular weight excluding hydrogens is 212 g/mol. The molecule has 1 aliphatic carbocycles. The average molecular weight is 238 g/mol. The fourth-order valence-corrected chi connectivity index (χ4v) is 3.47. The van der Waals surface area contributed by atoms with Gasteiger partial charge in [-0.25, -0.2) is 0 Å². The zero-order valence-corrected chi connectivity index (χ0v) is 11.0. The molecule has 0 aromatic heterocycles. The van der Waals surface area contributed by atoms with Crippen LogP contribution in [0, 0.1) is 5.92 Å². The van der Waals surface area contributed by atoms with Gasteiger partial charge in [-0.15, -0.1) is 0 Å². The summed E-state index contributed by atoms with van der Waals surface area (Å²) < 4.78 is 5.99. The summed E-state index contributed by atoms with van der Waals surface area (Å²) in [6, 6.07) is 1.41. The molecule has 1 saturated carbocycles. The minimum atomic E-state index is 0.561. The number of nitrogens with one attached hydrogen (secondary N) is 1. The minimum absolute atomic E-state index is 0.561. The zero-order chi connectivity index (χ0) is 11.7. The maximum Gasteiger partial charge on any atom is 0.0759 e. The van der Waals surface area contributed by atoms with Crippen molar-refractivity contribution in [3.63, 3.8) is 0 Å². The van der Waals surface area contributed by atoms with E-state index < -0.39 is 0 Å². The summed E-state index contributed by atoms with van der Waals surface area (Å²) in [4.78, 5) is 2.73. The smallest absolute Gasteiger partial charge is 0.0759 e. The number of rotatable bonds is 3. The Kier molecular flexibility index (Phi) is 3.69. The summed E-state index contributed by atoms with van der Waals surface area (Å²) >= 11 is 0. The van der Waals surface area contributed by atoms with E-state index in [0.29, 0.717) is 12.1 Å². The Hall–Kier alpha value is -0.120. The van der Waals surface area contributed by atoms with E-state index in [1.54, 1.807) is 0 Å². The third kappa shape index (κ3) is 2.67. The molecule has 0 bridgehead atoms. The second-order valence-electron chi connectivity index (χ2n) is 5.94. The second kappa shape index (κ2) is 5.25. The summed E-state index contributed by atoms with van der Waals surface area (Å²) in [5.41, 5.74) is 0. The predicted molar refractivity (Wildman–Crippen MR) is 69.1 cm³/mol. The number of nitrogens with zero attached hydrogens (tertiary/aromatic N) is 1. The Balaban J connectivity index is 1.64. The van der Waals surface area contributed by atoms with Crippen LogP contribution in [0.15, 0.2) is 0 Å². The molecular formula is C14H26N2O. The molecule has 0 radical (unpaired) electrons. The lowest BCUT2D eigenvalue weighted by Crippen LogP contribution is -2.46. The Morgan fingerprint density at radius 3 is 2.94 bits per heavy atom. The van der Waals surface area contributed by atoms with Crippen LogP contribution in [0.4, 0.5) is 0 Å². The molecule has 3 heteroatoms. The van der Waals surface area contributed by atoms with Crippen LogP contribution in [0.5, 0.6) is 0 Å². The Morgan fingerprint density at radius 2 is 2.18 bits per heavy atom. The molecule has 98 valence electrons. The van der Waals surface area contributed by atoms with Gasteiger partial charge in [-0.3, -0.25) is 4.90 Å². The van der Waals surface area contributed by atoms with E-state index >= 15 is 0 Å². The van der Waals surface area contributed by atoms with E-state index in [1.165, 1.54) is 51.7 Å². The first kappa shape index (κ1) is 11.9. The fourth-order valence-electron chi connectivity index (χ4n) is 3.47. The first-order valence-electron chi connectivity index (χ1n) is 7.47. The summed E-state index contributed by atoms with van der Waals surface area (Å²) in [5.74, 6) is 0.888. The van der Waals surface area contributed by atoms with Gasteiger partial charge >= 0.3 is 0 Å². The lowest BCUT2D eigenvalue weighted by atomic mass is 10.0. The second-order valence-corrected chi connectivity index (χ2v) is 5.94. The highest BCUT2D eigenvalue weighted by molar-refractivity contribution is 4.96. The molecule has 3 unspecified atom stereocenters. The summed E-state index contributed by atoms with van der Waals surface area (Å²) in [5, 5.41) is 3.66. The highest BCUT2D eigenvalue weighted by Gasteiger charge is 2.43. The first-order valence-corrected chi connectivity index (χ1v) is 7.47. The van der Waals surface area contributed by atoms with Crippen LogP contribution in [-0.2, 0) is 4.74 Å². The van der Waals surface area contributed by atoms with Gasteiger partial charge in [-0.1, -0.05) is 6.92 Å². The topological polar surface area (TPSA) is 24.5 Å². The third-order valence-corrected chi connectivity index (χ3v) is 4.66. The van der Waals surface area contributed by atoms with Crippen molar-refractivity contribution in [3.8, 4) is 0 Å². The molecule has 3 rings (SSSR count). The third-order valence-electron chi connectivity index (χ3n) is 4.66. The van der Waals surface area contributed by atoms with Crippen molar-refractivity contribution in [2.45, 2.75) is 57.2 Å². The van der Waals surface area contributed by atoms with Crippen molar-refractivity contribution in [2.75, 3.05) is 26.2 Å². The number of hydrogen-bond donors (Lipinski definition) is 1. The Labute approximate surface area is 105 Å². The van der Waals surface area contributed by atoms with E-state index in [1.807, 2.05) is 0 Å². The van der Waals surface area contributed by atoms with E-state index in [9.17, 15) is 0 Å². The lowest BCUT2D eigenvalue weighted by molar-refractivity contribution is 0.0450. The van der Waals surface area contributed by atoms with Gasteiger partial charge in [0.05, 0.1) is 6.10 Å². The quantitative estimate of drug-likeness (QED) is 0.809. The molecule has 3 fully saturated rings. The zero-order valence-electron chi connectivity index (χ0n) is 11.0.